The number of amides is 1. The average molecular weight is 499 g/mol. The Kier molecular flexibility index (Phi) is 9.08. The van der Waals surface area contributed by atoms with Crippen LogP contribution in [0.25, 0.3) is 6.08 Å². The molecule has 0 aliphatic rings. The van der Waals surface area contributed by atoms with Gasteiger partial charge in [0.15, 0.2) is 6.61 Å². The van der Waals surface area contributed by atoms with E-state index in [2.05, 4.69) is 10.5 Å². The fraction of sp³-hybridized carbons (Fsp3) is 0.0800. The smallest absolute Gasteiger partial charge is 0.336 e. The third-order valence-corrected chi connectivity index (χ3v) is 4.81. The molecule has 0 saturated heterocycles. The molecule has 0 radical (unpaired) electrons. The van der Waals surface area contributed by atoms with Gasteiger partial charge in [-0.3, -0.25) is 4.79 Å². The van der Waals surface area contributed by atoms with Crippen LogP contribution in [-0.2, 0) is 9.59 Å². The zero-order valence-corrected chi connectivity index (χ0v) is 19.5. The predicted molar refractivity (Wildman–Crippen MR) is 132 cm³/mol. The third-order valence-electron chi connectivity index (χ3n) is 4.28. The maximum absolute atomic E-state index is 12.0. The molecule has 0 atom stereocenters. The van der Waals surface area contributed by atoms with Crippen LogP contribution in [0.2, 0.25) is 10.0 Å². The van der Waals surface area contributed by atoms with Gasteiger partial charge in [-0.2, -0.15) is 5.10 Å². The number of benzene rings is 3. The molecule has 7 nitrogen and oxygen atoms in total. The normalized spacial score (nSPS) is 10.9. The standard InChI is InChI=1S/C25H20Cl2N2O5/c1-32-20-8-2-17(3-9-20)6-13-25(31)34-21-10-4-18(5-11-21)15-28-29-24(30)16-33-23-12-7-19(26)14-22(23)27/h2-15H,16H2,1H3,(H,29,30)/b13-6+,28-15+. The Labute approximate surface area is 206 Å². The van der Waals surface area contributed by atoms with E-state index in [1.165, 1.54) is 18.4 Å². The largest absolute Gasteiger partial charge is 0.497 e. The minimum atomic E-state index is -0.509. The number of nitrogens with zero attached hydrogens (tertiary/aromatic N) is 1. The summed E-state index contributed by atoms with van der Waals surface area (Å²) in [5.74, 6) is 0.480. The van der Waals surface area contributed by atoms with Crippen molar-refractivity contribution in [3.05, 3.63) is 94.0 Å². The second-order valence-corrected chi connectivity index (χ2v) is 7.60. The first kappa shape index (κ1) is 24.8. The summed E-state index contributed by atoms with van der Waals surface area (Å²) in [5, 5.41) is 4.65. The van der Waals surface area contributed by atoms with Crippen LogP contribution in [-0.4, -0.2) is 31.8 Å². The van der Waals surface area contributed by atoms with Crippen LogP contribution in [0.15, 0.2) is 77.9 Å². The number of esters is 1. The zero-order chi connectivity index (χ0) is 24.3. The summed E-state index contributed by atoms with van der Waals surface area (Å²) in [6.07, 6.45) is 4.43. The van der Waals surface area contributed by atoms with E-state index in [0.29, 0.717) is 27.1 Å². The minimum Gasteiger partial charge on any atom is -0.497 e. The Balaban J connectivity index is 1.43. The van der Waals surface area contributed by atoms with Gasteiger partial charge < -0.3 is 14.2 Å². The molecule has 0 fully saturated rings. The van der Waals surface area contributed by atoms with E-state index in [9.17, 15) is 9.59 Å². The molecule has 34 heavy (non-hydrogen) atoms. The van der Waals surface area contributed by atoms with E-state index < -0.39 is 11.9 Å². The second-order valence-electron chi connectivity index (χ2n) is 6.75. The van der Waals surface area contributed by atoms with Gasteiger partial charge in [0.1, 0.15) is 17.2 Å². The third kappa shape index (κ3) is 7.95. The summed E-state index contributed by atoms with van der Waals surface area (Å²) >= 11 is 11.8. The highest BCUT2D eigenvalue weighted by Crippen LogP contribution is 2.27. The van der Waals surface area contributed by atoms with E-state index >= 15 is 0 Å². The number of hydrogen-bond acceptors (Lipinski definition) is 6. The van der Waals surface area contributed by atoms with Crippen molar-refractivity contribution in [2.24, 2.45) is 5.10 Å². The lowest BCUT2D eigenvalue weighted by Gasteiger charge is -2.07. The van der Waals surface area contributed by atoms with Crippen LogP contribution in [0.5, 0.6) is 17.2 Å². The zero-order valence-electron chi connectivity index (χ0n) is 18.0. The van der Waals surface area contributed by atoms with Crippen molar-refractivity contribution in [2.45, 2.75) is 0 Å². The summed E-state index contributed by atoms with van der Waals surface area (Å²) in [7, 11) is 1.59. The predicted octanol–water partition coefficient (Wildman–Crippen LogP) is 5.15. The summed E-state index contributed by atoms with van der Waals surface area (Å²) in [4.78, 5) is 23.9. The van der Waals surface area contributed by atoms with Gasteiger partial charge in [0.05, 0.1) is 18.3 Å². The van der Waals surface area contributed by atoms with Crippen molar-refractivity contribution in [3.63, 3.8) is 0 Å². The van der Waals surface area contributed by atoms with Crippen LogP contribution in [0.1, 0.15) is 11.1 Å². The topological polar surface area (TPSA) is 86.2 Å². The number of halogens is 2. The van der Waals surface area contributed by atoms with Crippen molar-refractivity contribution >= 4 is 47.4 Å². The molecule has 1 N–H and O–H groups in total. The molecule has 0 aliphatic heterocycles. The van der Waals surface area contributed by atoms with E-state index in [4.69, 9.17) is 37.4 Å². The van der Waals surface area contributed by atoms with Crippen molar-refractivity contribution in [1.82, 2.24) is 5.43 Å². The van der Waals surface area contributed by atoms with E-state index in [-0.39, 0.29) is 6.61 Å². The molecule has 0 aromatic heterocycles. The molecule has 3 rings (SSSR count). The molecule has 0 bridgehead atoms. The molecule has 0 spiro atoms. The number of methoxy groups -OCH3 is 1. The van der Waals surface area contributed by atoms with Crippen molar-refractivity contribution in [3.8, 4) is 17.2 Å². The number of hydrazone groups is 1. The molecule has 3 aromatic rings. The first-order chi connectivity index (χ1) is 16.4. The molecular formula is C25H20Cl2N2O5. The Morgan fingerprint density at radius 2 is 1.62 bits per heavy atom. The number of carbonyl (C=O) groups is 2. The molecular weight excluding hydrogens is 479 g/mol. The molecule has 174 valence electrons. The number of ether oxygens (including phenoxy) is 3. The summed E-state index contributed by atoms with van der Waals surface area (Å²) in [6, 6.07) is 18.6. The van der Waals surface area contributed by atoms with Gasteiger partial charge in [0.25, 0.3) is 5.91 Å². The number of hydrogen-bond donors (Lipinski definition) is 1. The molecule has 0 unspecified atom stereocenters. The van der Waals surface area contributed by atoms with Gasteiger partial charge >= 0.3 is 5.97 Å². The molecule has 1 amide bonds. The average Bonchev–Trinajstić information content (AvgIpc) is 2.83. The SMILES string of the molecule is COc1ccc(/C=C/C(=O)Oc2ccc(/C=N/NC(=O)COc3ccc(Cl)cc3Cl)cc2)cc1. The van der Waals surface area contributed by atoms with Crippen LogP contribution in [0.3, 0.4) is 0 Å². The van der Waals surface area contributed by atoms with Crippen LogP contribution in [0.4, 0.5) is 0 Å². The number of carbonyl (C=O) groups excluding carboxylic acids is 2. The highest BCUT2D eigenvalue weighted by Gasteiger charge is 2.06. The maximum atomic E-state index is 12.0. The van der Waals surface area contributed by atoms with E-state index in [1.807, 2.05) is 12.1 Å². The second kappa shape index (κ2) is 12.4. The maximum Gasteiger partial charge on any atom is 0.336 e. The molecule has 0 saturated carbocycles. The summed E-state index contributed by atoms with van der Waals surface area (Å²) in [5.41, 5.74) is 3.88. The van der Waals surface area contributed by atoms with E-state index in [1.54, 1.807) is 61.7 Å². The lowest BCUT2D eigenvalue weighted by molar-refractivity contribution is -0.129. The fourth-order valence-electron chi connectivity index (χ4n) is 2.60. The number of rotatable bonds is 9. The van der Waals surface area contributed by atoms with Crippen LogP contribution >= 0.6 is 23.2 Å². The van der Waals surface area contributed by atoms with Gasteiger partial charge in [-0.25, -0.2) is 10.2 Å². The molecule has 0 heterocycles. The molecule has 0 aliphatic carbocycles. The molecule has 3 aromatic carbocycles. The lowest BCUT2D eigenvalue weighted by Crippen LogP contribution is -2.24. The van der Waals surface area contributed by atoms with Gasteiger partial charge in [0.2, 0.25) is 0 Å². The van der Waals surface area contributed by atoms with Gasteiger partial charge in [-0.1, -0.05) is 35.3 Å². The first-order valence-electron chi connectivity index (χ1n) is 9.97. The summed E-state index contributed by atoms with van der Waals surface area (Å²) in [6.45, 7) is -0.266. The highest BCUT2D eigenvalue weighted by atomic mass is 35.5. The Hall–Kier alpha value is -3.81. The number of nitrogens with one attached hydrogen (secondary N) is 1. The Bertz CT molecular complexity index is 1190. The van der Waals surface area contributed by atoms with E-state index in [0.717, 1.165) is 11.3 Å². The van der Waals surface area contributed by atoms with Crippen molar-refractivity contribution in [1.29, 1.82) is 0 Å². The quantitative estimate of drug-likeness (QED) is 0.145. The fourth-order valence-corrected chi connectivity index (χ4v) is 3.06. The highest BCUT2D eigenvalue weighted by molar-refractivity contribution is 6.35. The van der Waals surface area contributed by atoms with Crippen LogP contribution < -0.4 is 19.6 Å². The van der Waals surface area contributed by atoms with Gasteiger partial charge in [-0.05, 0) is 71.8 Å². The van der Waals surface area contributed by atoms with Crippen LogP contribution in [0, 0.1) is 0 Å². The summed E-state index contributed by atoms with van der Waals surface area (Å²) < 4.78 is 15.7. The first-order valence-corrected chi connectivity index (χ1v) is 10.7. The lowest BCUT2D eigenvalue weighted by atomic mass is 10.2. The molecule has 9 heteroatoms. The monoisotopic (exact) mass is 498 g/mol. The Morgan fingerprint density at radius 3 is 2.29 bits per heavy atom. The Morgan fingerprint density at radius 1 is 0.941 bits per heavy atom. The minimum absolute atomic E-state index is 0.266. The van der Waals surface area contributed by atoms with Crippen molar-refractivity contribution < 1.29 is 23.8 Å². The van der Waals surface area contributed by atoms with Gasteiger partial charge in [-0.15, -0.1) is 0 Å². The van der Waals surface area contributed by atoms with Crippen molar-refractivity contribution in [2.75, 3.05) is 13.7 Å². The van der Waals surface area contributed by atoms with Gasteiger partial charge in [0, 0.05) is 11.1 Å².